The molecule has 0 atom stereocenters. The standard InChI is InChI=1S/C21H14F3I2N3O3/c22-21(23,24)15-6-7-18(19(10-15)29(30)31)28-27-11-14-8-16(25)20(17(26)9-14)32-12-13-4-2-1-3-5-13/h1-11,28H,12H2/b27-11-. The second-order valence-electron chi connectivity index (χ2n) is 6.44. The highest BCUT2D eigenvalue weighted by Gasteiger charge is 2.33. The molecule has 0 aliphatic rings. The van der Waals surface area contributed by atoms with E-state index >= 15 is 0 Å². The van der Waals surface area contributed by atoms with E-state index in [0.717, 1.165) is 30.6 Å². The number of alkyl halides is 3. The van der Waals surface area contributed by atoms with Crippen LogP contribution >= 0.6 is 45.2 Å². The van der Waals surface area contributed by atoms with E-state index in [1.165, 1.54) is 6.21 Å². The van der Waals surface area contributed by atoms with Gasteiger partial charge >= 0.3 is 6.18 Å². The van der Waals surface area contributed by atoms with Crippen molar-refractivity contribution in [3.63, 3.8) is 0 Å². The molecule has 11 heteroatoms. The number of benzene rings is 3. The Balaban J connectivity index is 1.74. The number of nitrogens with zero attached hydrogens (tertiary/aromatic N) is 2. The van der Waals surface area contributed by atoms with Crippen molar-refractivity contribution in [1.29, 1.82) is 0 Å². The van der Waals surface area contributed by atoms with Gasteiger partial charge in [-0.05, 0) is 80.6 Å². The summed E-state index contributed by atoms with van der Waals surface area (Å²) in [5, 5.41) is 15.1. The van der Waals surface area contributed by atoms with Gasteiger partial charge < -0.3 is 4.74 Å². The summed E-state index contributed by atoms with van der Waals surface area (Å²) in [4.78, 5) is 10.3. The Morgan fingerprint density at radius 2 is 1.72 bits per heavy atom. The van der Waals surface area contributed by atoms with Crippen LogP contribution in [0.4, 0.5) is 24.5 Å². The van der Waals surface area contributed by atoms with E-state index in [9.17, 15) is 23.3 Å². The number of hydrazone groups is 1. The molecule has 0 radical (unpaired) electrons. The first-order valence-electron chi connectivity index (χ1n) is 8.95. The van der Waals surface area contributed by atoms with Gasteiger partial charge in [-0.25, -0.2) is 0 Å². The van der Waals surface area contributed by atoms with Crippen LogP contribution in [0.25, 0.3) is 0 Å². The van der Waals surface area contributed by atoms with Crippen LogP contribution in [-0.2, 0) is 12.8 Å². The Morgan fingerprint density at radius 1 is 1.06 bits per heavy atom. The lowest BCUT2D eigenvalue weighted by Gasteiger charge is -2.11. The highest BCUT2D eigenvalue weighted by atomic mass is 127. The Kier molecular flexibility index (Phi) is 7.92. The van der Waals surface area contributed by atoms with Gasteiger partial charge in [0.15, 0.2) is 0 Å². The smallest absolute Gasteiger partial charge is 0.416 e. The van der Waals surface area contributed by atoms with Crippen molar-refractivity contribution in [1.82, 2.24) is 0 Å². The van der Waals surface area contributed by atoms with Crippen molar-refractivity contribution < 1.29 is 22.8 Å². The van der Waals surface area contributed by atoms with Gasteiger partial charge in [-0.1, -0.05) is 30.3 Å². The molecule has 0 spiro atoms. The summed E-state index contributed by atoms with van der Waals surface area (Å²) in [6.45, 7) is 0.416. The fourth-order valence-corrected chi connectivity index (χ4v) is 4.78. The van der Waals surface area contributed by atoms with Gasteiger partial charge in [0.25, 0.3) is 5.69 Å². The molecule has 0 bridgehead atoms. The second kappa shape index (κ2) is 10.5. The van der Waals surface area contributed by atoms with E-state index in [4.69, 9.17) is 4.74 Å². The van der Waals surface area contributed by atoms with Crippen molar-refractivity contribution in [2.24, 2.45) is 5.10 Å². The average Bonchev–Trinajstić information content (AvgIpc) is 2.73. The van der Waals surface area contributed by atoms with Gasteiger partial charge in [-0.15, -0.1) is 0 Å². The lowest BCUT2D eigenvalue weighted by Crippen LogP contribution is -2.06. The van der Waals surface area contributed by atoms with Crippen molar-refractivity contribution in [2.45, 2.75) is 12.8 Å². The third kappa shape index (κ3) is 6.31. The lowest BCUT2D eigenvalue weighted by molar-refractivity contribution is -0.384. The van der Waals surface area contributed by atoms with E-state index in [0.29, 0.717) is 18.2 Å². The van der Waals surface area contributed by atoms with E-state index in [1.807, 2.05) is 42.5 Å². The van der Waals surface area contributed by atoms with Crippen molar-refractivity contribution in [2.75, 3.05) is 5.43 Å². The first kappa shape index (κ1) is 24.2. The topological polar surface area (TPSA) is 76.8 Å². The van der Waals surface area contributed by atoms with Crippen LogP contribution in [0.2, 0.25) is 0 Å². The highest BCUT2D eigenvalue weighted by molar-refractivity contribution is 14.1. The lowest BCUT2D eigenvalue weighted by atomic mass is 10.1. The minimum atomic E-state index is -4.68. The molecular formula is C21H14F3I2N3O3. The molecule has 3 aromatic rings. The van der Waals surface area contributed by atoms with Gasteiger partial charge in [0, 0.05) is 6.07 Å². The molecule has 0 aliphatic carbocycles. The summed E-state index contributed by atoms with van der Waals surface area (Å²) in [5.41, 5.74) is 2.20. The molecule has 0 aromatic heterocycles. The molecular weight excluding hydrogens is 653 g/mol. The van der Waals surface area contributed by atoms with Crippen molar-refractivity contribution >= 4 is 62.8 Å². The number of nitro groups is 1. The van der Waals surface area contributed by atoms with Crippen LogP contribution in [0.3, 0.4) is 0 Å². The zero-order chi connectivity index (χ0) is 23.3. The summed E-state index contributed by atoms with van der Waals surface area (Å²) in [7, 11) is 0. The van der Waals surface area contributed by atoms with E-state index in [-0.39, 0.29) is 5.69 Å². The normalized spacial score (nSPS) is 11.5. The summed E-state index contributed by atoms with van der Waals surface area (Å²) >= 11 is 4.27. The molecule has 0 heterocycles. The molecule has 6 nitrogen and oxygen atoms in total. The number of anilines is 1. The Morgan fingerprint density at radius 3 is 2.31 bits per heavy atom. The van der Waals surface area contributed by atoms with Gasteiger partial charge in [-0.3, -0.25) is 15.5 Å². The van der Waals surface area contributed by atoms with E-state index in [2.05, 4.69) is 55.7 Å². The SMILES string of the molecule is O=[N+]([O-])c1cc(C(F)(F)F)ccc1N/N=C\c1cc(I)c(OCc2ccccc2)c(I)c1. The maximum Gasteiger partial charge on any atom is 0.416 e. The number of rotatable bonds is 7. The van der Waals surface area contributed by atoms with Crippen LogP contribution in [0.1, 0.15) is 16.7 Å². The number of nitro benzene ring substituents is 1. The second-order valence-corrected chi connectivity index (χ2v) is 8.77. The minimum absolute atomic E-state index is 0.147. The molecule has 3 rings (SSSR count). The molecule has 0 amide bonds. The largest absolute Gasteiger partial charge is 0.487 e. The van der Waals surface area contributed by atoms with E-state index in [1.54, 1.807) is 0 Å². The molecule has 0 unspecified atom stereocenters. The highest BCUT2D eigenvalue weighted by Crippen LogP contribution is 2.35. The maximum absolute atomic E-state index is 12.8. The third-order valence-corrected chi connectivity index (χ3v) is 5.77. The third-order valence-electron chi connectivity index (χ3n) is 4.17. The van der Waals surface area contributed by atoms with Crippen molar-refractivity contribution in [3.05, 3.63) is 94.6 Å². The van der Waals surface area contributed by atoms with Crippen LogP contribution in [0.15, 0.2) is 65.8 Å². The average molecular weight is 667 g/mol. The van der Waals surface area contributed by atoms with Crippen LogP contribution in [0, 0.1) is 17.3 Å². The molecule has 32 heavy (non-hydrogen) atoms. The van der Waals surface area contributed by atoms with Crippen molar-refractivity contribution in [3.8, 4) is 5.75 Å². The van der Waals surface area contributed by atoms with E-state index < -0.39 is 22.4 Å². The molecule has 0 aliphatic heterocycles. The Hall–Kier alpha value is -2.42. The predicted molar refractivity (Wildman–Crippen MR) is 132 cm³/mol. The van der Waals surface area contributed by atoms with Gasteiger partial charge in [0.05, 0.1) is 23.8 Å². The molecule has 0 saturated heterocycles. The summed E-state index contributed by atoms with van der Waals surface area (Å²) < 4.78 is 46.0. The van der Waals surface area contributed by atoms with Gasteiger partial charge in [0.2, 0.25) is 0 Å². The molecule has 0 saturated carbocycles. The predicted octanol–water partition coefficient (Wildman–Crippen LogP) is 6.85. The van der Waals surface area contributed by atoms with Crippen LogP contribution in [0.5, 0.6) is 5.75 Å². The molecule has 166 valence electrons. The number of nitrogens with one attached hydrogen (secondary N) is 1. The number of ether oxygens (including phenoxy) is 1. The molecule has 3 aromatic carbocycles. The molecule has 0 fully saturated rings. The maximum atomic E-state index is 12.8. The summed E-state index contributed by atoms with van der Waals surface area (Å²) in [6, 6.07) is 15.6. The Bertz CT molecular complexity index is 1130. The fourth-order valence-electron chi connectivity index (χ4n) is 2.65. The first-order valence-corrected chi connectivity index (χ1v) is 11.1. The zero-order valence-corrected chi connectivity index (χ0v) is 20.4. The number of halogens is 5. The monoisotopic (exact) mass is 667 g/mol. The summed E-state index contributed by atoms with van der Waals surface area (Å²) in [6.07, 6.45) is -3.25. The first-order chi connectivity index (χ1) is 15.1. The molecule has 1 N–H and O–H groups in total. The van der Waals surface area contributed by atoms with Gasteiger partial charge in [-0.2, -0.15) is 18.3 Å². The van der Waals surface area contributed by atoms with Gasteiger partial charge in [0.1, 0.15) is 18.0 Å². The zero-order valence-electron chi connectivity index (χ0n) is 16.1. The van der Waals surface area contributed by atoms with Crippen LogP contribution in [-0.4, -0.2) is 11.1 Å². The number of hydrogen-bond acceptors (Lipinski definition) is 5. The minimum Gasteiger partial charge on any atom is -0.487 e. The number of hydrogen-bond donors (Lipinski definition) is 1. The fraction of sp³-hybridized carbons (Fsp3) is 0.0952. The van der Waals surface area contributed by atoms with Crippen LogP contribution < -0.4 is 10.2 Å². The Labute approximate surface area is 208 Å². The summed E-state index contributed by atoms with van der Waals surface area (Å²) in [5.74, 6) is 0.721. The quantitative estimate of drug-likeness (QED) is 0.130.